The zero-order chi connectivity index (χ0) is 13.9. The van der Waals surface area contributed by atoms with Crippen LogP contribution in [0.4, 0.5) is 0 Å². The molecule has 1 aromatic heterocycles. The van der Waals surface area contributed by atoms with Crippen molar-refractivity contribution in [3.63, 3.8) is 0 Å². The lowest BCUT2D eigenvalue weighted by atomic mass is 9.81. The first kappa shape index (κ1) is 14.0. The molecular formula is C17H23ClN2. The molecule has 20 heavy (non-hydrogen) atoms. The van der Waals surface area contributed by atoms with E-state index in [4.69, 9.17) is 17.3 Å². The third-order valence-corrected chi connectivity index (χ3v) is 5.03. The molecule has 1 saturated carbocycles. The molecule has 1 fully saturated rings. The van der Waals surface area contributed by atoms with Crippen LogP contribution < -0.4 is 5.73 Å². The van der Waals surface area contributed by atoms with Gasteiger partial charge in [-0.3, -0.25) is 0 Å². The highest BCUT2D eigenvalue weighted by molar-refractivity contribution is 6.31. The lowest BCUT2D eigenvalue weighted by molar-refractivity contribution is 0.382. The van der Waals surface area contributed by atoms with Gasteiger partial charge in [-0.1, -0.05) is 37.3 Å². The number of rotatable bonds is 3. The molecule has 2 aromatic rings. The molecule has 1 aliphatic carbocycles. The predicted octanol–water partition coefficient (Wildman–Crippen LogP) is 4.83. The maximum Gasteiger partial charge on any atom is 0.0457 e. The van der Waals surface area contributed by atoms with Gasteiger partial charge in [0, 0.05) is 28.0 Å². The Balaban J connectivity index is 1.95. The van der Waals surface area contributed by atoms with E-state index in [2.05, 4.69) is 23.3 Å². The summed E-state index contributed by atoms with van der Waals surface area (Å²) in [7, 11) is 0. The lowest BCUT2D eigenvalue weighted by Gasteiger charge is -2.24. The van der Waals surface area contributed by atoms with Crippen molar-refractivity contribution >= 4 is 22.5 Å². The molecule has 0 spiro atoms. The number of aromatic amines is 1. The van der Waals surface area contributed by atoms with E-state index < -0.39 is 0 Å². The van der Waals surface area contributed by atoms with Gasteiger partial charge in [0.1, 0.15) is 0 Å². The van der Waals surface area contributed by atoms with Crippen molar-refractivity contribution < 1.29 is 0 Å². The van der Waals surface area contributed by atoms with E-state index in [0.29, 0.717) is 5.92 Å². The Kier molecular flexibility index (Phi) is 4.32. The number of nitrogens with one attached hydrogen (secondary N) is 1. The highest BCUT2D eigenvalue weighted by atomic mass is 35.5. The molecule has 3 heteroatoms. The van der Waals surface area contributed by atoms with Gasteiger partial charge in [-0.2, -0.15) is 0 Å². The molecule has 3 N–H and O–H groups in total. The van der Waals surface area contributed by atoms with E-state index in [0.717, 1.165) is 23.0 Å². The zero-order valence-electron chi connectivity index (χ0n) is 11.9. The quantitative estimate of drug-likeness (QED) is 0.781. The summed E-state index contributed by atoms with van der Waals surface area (Å²) in [6.07, 6.45) is 10.2. The van der Waals surface area contributed by atoms with Crippen LogP contribution in [0.1, 0.15) is 50.0 Å². The molecule has 1 aliphatic rings. The van der Waals surface area contributed by atoms with Crippen molar-refractivity contribution in [2.24, 2.45) is 11.7 Å². The Morgan fingerprint density at radius 1 is 1.20 bits per heavy atom. The highest BCUT2D eigenvalue weighted by Gasteiger charge is 2.25. The van der Waals surface area contributed by atoms with Gasteiger partial charge in [0.05, 0.1) is 0 Å². The summed E-state index contributed by atoms with van der Waals surface area (Å²) in [4.78, 5) is 3.37. The summed E-state index contributed by atoms with van der Waals surface area (Å²) >= 11 is 6.16. The maximum absolute atomic E-state index is 6.16. The van der Waals surface area contributed by atoms with Crippen LogP contribution in [0.15, 0.2) is 24.4 Å². The van der Waals surface area contributed by atoms with Gasteiger partial charge in [-0.15, -0.1) is 0 Å². The number of halogens is 1. The first-order valence-electron chi connectivity index (χ1n) is 7.76. The lowest BCUT2D eigenvalue weighted by Crippen LogP contribution is -2.21. The van der Waals surface area contributed by atoms with Gasteiger partial charge in [0.25, 0.3) is 0 Å². The molecular weight excluding hydrogens is 268 g/mol. The number of aromatic nitrogens is 1. The van der Waals surface area contributed by atoms with Gasteiger partial charge < -0.3 is 10.7 Å². The van der Waals surface area contributed by atoms with E-state index in [1.807, 2.05) is 6.07 Å². The second kappa shape index (κ2) is 6.19. The Hall–Kier alpha value is -0.990. The van der Waals surface area contributed by atoms with Crippen molar-refractivity contribution in [1.82, 2.24) is 4.98 Å². The number of benzene rings is 1. The molecule has 0 radical (unpaired) electrons. The van der Waals surface area contributed by atoms with Crippen LogP contribution in [-0.4, -0.2) is 11.5 Å². The van der Waals surface area contributed by atoms with Gasteiger partial charge in [0.2, 0.25) is 0 Å². The molecule has 1 aromatic carbocycles. The molecule has 1 unspecified atom stereocenters. The topological polar surface area (TPSA) is 41.8 Å². The fourth-order valence-corrected chi connectivity index (χ4v) is 3.88. The number of hydrogen-bond acceptors (Lipinski definition) is 1. The largest absolute Gasteiger partial charge is 0.361 e. The van der Waals surface area contributed by atoms with Crippen LogP contribution in [0.5, 0.6) is 0 Å². The van der Waals surface area contributed by atoms with Crippen LogP contribution in [0.25, 0.3) is 10.9 Å². The fraction of sp³-hybridized carbons (Fsp3) is 0.529. The Labute approximate surface area is 125 Å². The van der Waals surface area contributed by atoms with E-state index in [9.17, 15) is 0 Å². The minimum atomic E-state index is 0.459. The van der Waals surface area contributed by atoms with Crippen LogP contribution in [0.2, 0.25) is 5.02 Å². The van der Waals surface area contributed by atoms with E-state index in [1.165, 1.54) is 49.5 Å². The third-order valence-electron chi connectivity index (χ3n) is 4.80. The third kappa shape index (κ3) is 2.72. The number of fused-ring (bicyclic) bond motifs is 1. The van der Waals surface area contributed by atoms with Crippen LogP contribution in [-0.2, 0) is 0 Å². The molecule has 0 bridgehead atoms. The molecule has 2 nitrogen and oxygen atoms in total. The number of H-pyrrole nitrogens is 1. The van der Waals surface area contributed by atoms with Gasteiger partial charge in [-0.05, 0) is 49.1 Å². The first-order chi connectivity index (χ1) is 9.79. The smallest absolute Gasteiger partial charge is 0.0457 e. The average Bonchev–Trinajstić information content (AvgIpc) is 2.69. The molecule has 0 saturated heterocycles. The summed E-state index contributed by atoms with van der Waals surface area (Å²) < 4.78 is 0. The normalized spacial score (nSPS) is 19.1. The van der Waals surface area contributed by atoms with E-state index >= 15 is 0 Å². The molecule has 0 amide bonds. The summed E-state index contributed by atoms with van der Waals surface area (Å²) in [5.74, 6) is 1.18. The Morgan fingerprint density at radius 2 is 1.95 bits per heavy atom. The monoisotopic (exact) mass is 290 g/mol. The van der Waals surface area contributed by atoms with Crippen LogP contribution in [0.3, 0.4) is 0 Å². The Bertz CT molecular complexity index is 567. The van der Waals surface area contributed by atoms with Crippen LogP contribution in [0, 0.1) is 5.92 Å². The van der Waals surface area contributed by atoms with Gasteiger partial charge in [0.15, 0.2) is 0 Å². The molecule has 1 atom stereocenters. The number of nitrogens with two attached hydrogens (primary N) is 1. The molecule has 108 valence electrons. The molecule has 1 heterocycles. The standard InChI is InChI=1S/C17H23ClN2/c18-13-7-8-17-14(9-13)16(11-20-17)15(10-19)12-5-3-1-2-4-6-12/h7-9,11-12,15,20H,1-6,10,19H2. The van der Waals surface area contributed by atoms with Crippen molar-refractivity contribution in [2.45, 2.75) is 44.4 Å². The summed E-state index contributed by atoms with van der Waals surface area (Å²) in [5, 5.41) is 2.05. The van der Waals surface area contributed by atoms with E-state index in [-0.39, 0.29) is 0 Å². The minimum absolute atomic E-state index is 0.459. The van der Waals surface area contributed by atoms with Crippen molar-refractivity contribution in [2.75, 3.05) is 6.54 Å². The van der Waals surface area contributed by atoms with Gasteiger partial charge in [-0.25, -0.2) is 0 Å². The summed E-state index contributed by atoms with van der Waals surface area (Å²) in [6, 6.07) is 6.07. The maximum atomic E-state index is 6.16. The van der Waals surface area contributed by atoms with Crippen molar-refractivity contribution in [1.29, 1.82) is 0 Å². The minimum Gasteiger partial charge on any atom is -0.361 e. The summed E-state index contributed by atoms with van der Waals surface area (Å²) in [5.41, 5.74) is 8.65. The highest BCUT2D eigenvalue weighted by Crippen LogP contribution is 2.38. The average molecular weight is 291 g/mol. The van der Waals surface area contributed by atoms with Crippen molar-refractivity contribution in [3.8, 4) is 0 Å². The zero-order valence-corrected chi connectivity index (χ0v) is 12.6. The summed E-state index contributed by atoms with van der Waals surface area (Å²) in [6.45, 7) is 0.726. The fourth-order valence-electron chi connectivity index (χ4n) is 3.71. The second-order valence-electron chi connectivity index (χ2n) is 6.03. The van der Waals surface area contributed by atoms with Gasteiger partial charge >= 0.3 is 0 Å². The van der Waals surface area contributed by atoms with E-state index in [1.54, 1.807) is 0 Å². The predicted molar refractivity (Wildman–Crippen MR) is 86.3 cm³/mol. The Morgan fingerprint density at radius 3 is 2.65 bits per heavy atom. The second-order valence-corrected chi connectivity index (χ2v) is 6.46. The molecule has 3 rings (SSSR count). The van der Waals surface area contributed by atoms with Crippen molar-refractivity contribution in [3.05, 3.63) is 35.0 Å². The first-order valence-corrected chi connectivity index (χ1v) is 8.14. The number of hydrogen-bond donors (Lipinski definition) is 2. The molecule has 0 aliphatic heterocycles. The SMILES string of the molecule is NCC(c1c[nH]c2ccc(Cl)cc12)C1CCCCCC1. The van der Waals surface area contributed by atoms with Crippen LogP contribution >= 0.6 is 11.6 Å².